The monoisotopic (exact) mass is 336 g/mol. The highest BCUT2D eigenvalue weighted by Gasteiger charge is 2.21. The van der Waals surface area contributed by atoms with Crippen LogP contribution in [0.2, 0.25) is 0 Å². The number of fused-ring (bicyclic) bond motifs is 3. The summed E-state index contributed by atoms with van der Waals surface area (Å²) in [5.74, 6) is 1.95. The Labute approximate surface area is 144 Å². The van der Waals surface area contributed by atoms with E-state index in [9.17, 15) is 0 Å². The number of benzene rings is 1. The van der Waals surface area contributed by atoms with Gasteiger partial charge in [-0.2, -0.15) is 0 Å². The van der Waals surface area contributed by atoms with E-state index in [1.165, 1.54) is 16.0 Å². The number of nitrogens with zero attached hydrogens (tertiary/aromatic N) is 3. The number of nitrogens with one attached hydrogen (secondary N) is 1. The summed E-state index contributed by atoms with van der Waals surface area (Å²) < 4.78 is 5.58. The van der Waals surface area contributed by atoms with Crippen LogP contribution in [0.15, 0.2) is 57.3 Å². The summed E-state index contributed by atoms with van der Waals surface area (Å²) in [5.41, 5.74) is 3.76. The first-order valence-corrected chi connectivity index (χ1v) is 8.83. The van der Waals surface area contributed by atoms with E-state index in [1.54, 1.807) is 30.4 Å². The first-order valence-electron chi connectivity index (χ1n) is 8.01. The predicted octanol–water partition coefficient (Wildman–Crippen LogP) is 3.84. The van der Waals surface area contributed by atoms with E-state index < -0.39 is 0 Å². The van der Waals surface area contributed by atoms with Crippen LogP contribution in [-0.2, 0) is 19.5 Å². The fourth-order valence-corrected chi connectivity index (χ4v) is 4.14. The molecule has 0 atom stereocenters. The maximum atomic E-state index is 5.58. The van der Waals surface area contributed by atoms with Gasteiger partial charge in [-0.1, -0.05) is 17.8 Å². The van der Waals surface area contributed by atoms with E-state index in [-0.39, 0.29) is 0 Å². The van der Waals surface area contributed by atoms with Crippen molar-refractivity contribution in [1.82, 2.24) is 14.9 Å². The summed E-state index contributed by atoms with van der Waals surface area (Å²) >= 11 is 1.66. The standard InChI is InChI=1S/C18H16N4OS/c1-2-16-14(21-17-18(24-16)20-6-5-19-17)9-12(1)10-22-7-3-13-4-8-23-15(13)11-22/h1-2,4-6,8-9H,3,7,10-11H2,(H,19,21). The lowest BCUT2D eigenvalue weighted by atomic mass is 10.1. The van der Waals surface area contributed by atoms with Crippen LogP contribution in [0.5, 0.6) is 0 Å². The third-order valence-corrected chi connectivity index (χ3v) is 5.54. The summed E-state index contributed by atoms with van der Waals surface area (Å²) in [5, 5.41) is 4.33. The van der Waals surface area contributed by atoms with Gasteiger partial charge < -0.3 is 9.73 Å². The minimum atomic E-state index is 0.838. The molecule has 0 aliphatic carbocycles. The van der Waals surface area contributed by atoms with E-state index in [0.29, 0.717) is 0 Å². The fourth-order valence-electron chi connectivity index (χ4n) is 3.26. The Kier molecular flexibility index (Phi) is 3.31. The van der Waals surface area contributed by atoms with Crippen LogP contribution in [0.3, 0.4) is 0 Å². The van der Waals surface area contributed by atoms with Gasteiger partial charge in [0.15, 0.2) is 5.82 Å². The lowest BCUT2D eigenvalue weighted by Gasteiger charge is -2.26. The molecule has 0 unspecified atom stereocenters. The van der Waals surface area contributed by atoms with Gasteiger partial charge in [0.05, 0.1) is 18.5 Å². The molecule has 5 nitrogen and oxygen atoms in total. The van der Waals surface area contributed by atoms with E-state index in [4.69, 9.17) is 4.42 Å². The van der Waals surface area contributed by atoms with E-state index in [2.05, 4.69) is 44.5 Å². The van der Waals surface area contributed by atoms with Gasteiger partial charge in [0, 0.05) is 30.4 Å². The van der Waals surface area contributed by atoms with Crippen LogP contribution in [0.25, 0.3) is 0 Å². The van der Waals surface area contributed by atoms with Crippen molar-refractivity contribution in [3.05, 3.63) is 59.8 Å². The molecule has 2 aliphatic rings. The van der Waals surface area contributed by atoms with Crippen LogP contribution >= 0.6 is 11.8 Å². The zero-order valence-corrected chi connectivity index (χ0v) is 13.8. The van der Waals surface area contributed by atoms with Crippen molar-refractivity contribution >= 4 is 23.3 Å². The Hall–Kier alpha value is -2.31. The van der Waals surface area contributed by atoms with Gasteiger partial charge in [-0.25, -0.2) is 9.97 Å². The van der Waals surface area contributed by atoms with Crippen LogP contribution in [0.1, 0.15) is 16.9 Å². The largest absolute Gasteiger partial charge is 0.468 e. The first-order chi connectivity index (χ1) is 11.8. The number of anilines is 2. The highest BCUT2D eigenvalue weighted by atomic mass is 32.2. The van der Waals surface area contributed by atoms with Gasteiger partial charge in [-0.15, -0.1) is 0 Å². The maximum absolute atomic E-state index is 5.58. The molecule has 24 heavy (non-hydrogen) atoms. The van der Waals surface area contributed by atoms with Gasteiger partial charge in [0.2, 0.25) is 0 Å². The summed E-state index contributed by atoms with van der Waals surface area (Å²) in [6, 6.07) is 8.68. The fraction of sp³-hybridized carbons (Fsp3) is 0.222. The Bertz CT molecular complexity index is 908. The van der Waals surface area contributed by atoms with Crippen LogP contribution in [0.4, 0.5) is 11.5 Å². The first kappa shape index (κ1) is 14.1. The molecule has 6 heteroatoms. The number of rotatable bonds is 2. The molecule has 0 amide bonds. The van der Waals surface area contributed by atoms with Gasteiger partial charge in [0.1, 0.15) is 10.8 Å². The van der Waals surface area contributed by atoms with Crippen LogP contribution in [-0.4, -0.2) is 21.4 Å². The average molecular weight is 336 g/mol. The average Bonchev–Trinajstić information content (AvgIpc) is 3.08. The quantitative estimate of drug-likeness (QED) is 0.600. The molecular formula is C18H16N4OS. The molecule has 0 saturated heterocycles. The molecule has 1 N–H and O–H groups in total. The van der Waals surface area contributed by atoms with E-state index in [1.807, 2.05) is 0 Å². The van der Waals surface area contributed by atoms with Crippen molar-refractivity contribution < 1.29 is 4.42 Å². The molecule has 0 saturated carbocycles. The number of aromatic nitrogens is 2. The molecule has 5 rings (SSSR count). The Morgan fingerprint density at radius 3 is 3.17 bits per heavy atom. The Morgan fingerprint density at radius 1 is 1.21 bits per heavy atom. The molecule has 2 aromatic heterocycles. The summed E-state index contributed by atoms with van der Waals surface area (Å²) in [4.78, 5) is 12.4. The molecular weight excluding hydrogens is 320 g/mol. The van der Waals surface area contributed by atoms with E-state index in [0.717, 1.165) is 48.3 Å². The van der Waals surface area contributed by atoms with Gasteiger partial charge in [-0.05, 0) is 35.7 Å². The minimum Gasteiger partial charge on any atom is -0.468 e. The van der Waals surface area contributed by atoms with Crippen molar-refractivity contribution in [2.24, 2.45) is 0 Å². The molecule has 0 radical (unpaired) electrons. The molecule has 3 aromatic rings. The minimum absolute atomic E-state index is 0.838. The second kappa shape index (κ2) is 5.65. The van der Waals surface area contributed by atoms with Gasteiger partial charge >= 0.3 is 0 Å². The molecule has 4 heterocycles. The molecule has 0 spiro atoms. The van der Waals surface area contributed by atoms with Crippen LogP contribution in [0, 0.1) is 0 Å². The topological polar surface area (TPSA) is 54.2 Å². The number of furan rings is 1. The van der Waals surface area contributed by atoms with Crippen LogP contribution < -0.4 is 5.32 Å². The molecule has 1 aromatic carbocycles. The van der Waals surface area contributed by atoms with Crippen molar-refractivity contribution in [2.45, 2.75) is 29.4 Å². The van der Waals surface area contributed by atoms with Gasteiger partial charge in [0.25, 0.3) is 0 Å². The van der Waals surface area contributed by atoms with Crippen molar-refractivity contribution in [2.75, 3.05) is 11.9 Å². The SMILES string of the molecule is c1cnc2c(n1)Nc1cc(CN3CCc4ccoc4C3)ccc1S2. The van der Waals surface area contributed by atoms with Crippen molar-refractivity contribution in [3.8, 4) is 0 Å². The molecule has 2 aliphatic heterocycles. The Morgan fingerprint density at radius 2 is 2.17 bits per heavy atom. The lowest BCUT2D eigenvalue weighted by molar-refractivity contribution is 0.221. The highest BCUT2D eigenvalue weighted by Crippen LogP contribution is 2.42. The summed E-state index contributed by atoms with van der Waals surface area (Å²) in [7, 11) is 0. The molecule has 120 valence electrons. The number of hydrogen-bond acceptors (Lipinski definition) is 6. The summed E-state index contributed by atoms with van der Waals surface area (Å²) in [6.45, 7) is 2.88. The van der Waals surface area contributed by atoms with Crippen molar-refractivity contribution in [1.29, 1.82) is 0 Å². The third-order valence-electron chi connectivity index (χ3n) is 4.48. The predicted molar refractivity (Wildman–Crippen MR) is 92.4 cm³/mol. The zero-order chi connectivity index (χ0) is 15.9. The zero-order valence-electron chi connectivity index (χ0n) is 13.0. The second-order valence-electron chi connectivity index (χ2n) is 6.10. The lowest BCUT2D eigenvalue weighted by Crippen LogP contribution is -2.29. The third kappa shape index (κ3) is 2.48. The normalized spacial score (nSPS) is 16.0. The smallest absolute Gasteiger partial charge is 0.163 e. The maximum Gasteiger partial charge on any atom is 0.163 e. The molecule has 0 bridgehead atoms. The Balaban J connectivity index is 1.36. The van der Waals surface area contributed by atoms with Gasteiger partial charge in [-0.3, -0.25) is 4.90 Å². The van der Waals surface area contributed by atoms with E-state index >= 15 is 0 Å². The van der Waals surface area contributed by atoms with Crippen molar-refractivity contribution in [3.63, 3.8) is 0 Å². The highest BCUT2D eigenvalue weighted by molar-refractivity contribution is 7.99. The summed E-state index contributed by atoms with van der Waals surface area (Å²) in [6.07, 6.45) is 6.31. The number of hydrogen-bond donors (Lipinski definition) is 1. The molecule has 0 fully saturated rings. The second-order valence-corrected chi connectivity index (χ2v) is 7.13.